The topological polar surface area (TPSA) is 45.0 Å². The fraction of sp³-hybridized carbons (Fsp3) is 0.588. The van der Waals surface area contributed by atoms with E-state index < -0.39 is 5.54 Å². The van der Waals surface area contributed by atoms with E-state index in [0.717, 1.165) is 37.3 Å². The van der Waals surface area contributed by atoms with Gasteiger partial charge in [0.1, 0.15) is 5.54 Å². The first-order valence-electron chi connectivity index (χ1n) is 7.67. The Labute approximate surface area is 132 Å². The van der Waals surface area contributed by atoms with Crippen LogP contribution in [0.4, 0.5) is 0 Å². The SMILES string of the molecule is CCNC(C#N)(CCSC1CCOC1C)c1ccccc1. The second kappa shape index (κ2) is 7.84. The number of thioether (sulfide) groups is 1. The van der Waals surface area contributed by atoms with Crippen LogP contribution in [0.3, 0.4) is 0 Å². The van der Waals surface area contributed by atoms with E-state index in [4.69, 9.17) is 4.74 Å². The molecule has 4 heteroatoms. The van der Waals surface area contributed by atoms with Gasteiger partial charge in [0.25, 0.3) is 0 Å². The zero-order chi connectivity index (χ0) is 15.1. The van der Waals surface area contributed by atoms with Crippen molar-refractivity contribution < 1.29 is 4.74 Å². The number of nitriles is 1. The minimum absolute atomic E-state index is 0.336. The number of hydrogen-bond acceptors (Lipinski definition) is 4. The van der Waals surface area contributed by atoms with Crippen molar-refractivity contribution in [2.75, 3.05) is 18.9 Å². The van der Waals surface area contributed by atoms with Crippen molar-refractivity contribution >= 4 is 11.8 Å². The molecule has 0 spiro atoms. The van der Waals surface area contributed by atoms with Crippen LogP contribution in [0.15, 0.2) is 30.3 Å². The van der Waals surface area contributed by atoms with E-state index in [9.17, 15) is 5.26 Å². The number of ether oxygens (including phenoxy) is 1. The summed E-state index contributed by atoms with van der Waals surface area (Å²) in [6.45, 7) is 5.85. The second-order valence-corrected chi connectivity index (χ2v) is 6.78. The lowest BCUT2D eigenvalue weighted by atomic mass is 9.88. The molecule has 0 radical (unpaired) electrons. The lowest BCUT2D eigenvalue weighted by molar-refractivity contribution is 0.127. The molecule has 1 aromatic carbocycles. The maximum Gasteiger partial charge on any atom is 0.133 e. The Kier molecular flexibility index (Phi) is 6.10. The molecule has 1 saturated heterocycles. The number of nitrogens with zero attached hydrogens (tertiary/aromatic N) is 1. The quantitative estimate of drug-likeness (QED) is 0.839. The molecule has 2 rings (SSSR count). The number of benzene rings is 1. The van der Waals surface area contributed by atoms with Crippen molar-refractivity contribution in [1.82, 2.24) is 5.32 Å². The van der Waals surface area contributed by atoms with Crippen molar-refractivity contribution in [3.63, 3.8) is 0 Å². The van der Waals surface area contributed by atoms with Crippen LogP contribution >= 0.6 is 11.8 Å². The van der Waals surface area contributed by atoms with Crippen LogP contribution in [-0.2, 0) is 10.3 Å². The summed E-state index contributed by atoms with van der Waals surface area (Å²) in [6.07, 6.45) is 2.27. The number of nitrogens with one attached hydrogen (secondary N) is 1. The van der Waals surface area contributed by atoms with Gasteiger partial charge in [-0.3, -0.25) is 5.32 Å². The normalized spacial score (nSPS) is 24.4. The fourth-order valence-corrected chi connectivity index (χ4v) is 4.15. The summed E-state index contributed by atoms with van der Waals surface area (Å²) in [5.41, 5.74) is 0.483. The molecule has 3 nitrogen and oxygen atoms in total. The van der Waals surface area contributed by atoms with E-state index in [0.29, 0.717) is 11.4 Å². The van der Waals surface area contributed by atoms with Crippen LogP contribution in [0, 0.1) is 11.3 Å². The summed E-state index contributed by atoms with van der Waals surface area (Å²) in [5, 5.41) is 13.7. The van der Waals surface area contributed by atoms with Gasteiger partial charge >= 0.3 is 0 Å². The van der Waals surface area contributed by atoms with Crippen LogP contribution in [0.5, 0.6) is 0 Å². The van der Waals surface area contributed by atoms with Crippen LogP contribution in [-0.4, -0.2) is 30.3 Å². The average molecular weight is 304 g/mol. The maximum absolute atomic E-state index is 9.76. The molecule has 1 N–H and O–H groups in total. The predicted molar refractivity (Wildman–Crippen MR) is 88.3 cm³/mol. The van der Waals surface area contributed by atoms with Crippen LogP contribution < -0.4 is 5.32 Å². The van der Waals surface area contributed by atoms with Gasteiger partial charge < -0.3 is 4.74 Å². The second-order valence-electron chi connectivity index (χ2n) is 5.44. The van der Waals surface area contributed by atoms with Gasteiger partial charge in [-0.1, -0.05) is 37.3 Å². The van der Waals surface area contributed by atoms with Crippen molar-refractivity contribution in [1.29, 1.82) is 5.26 Å². The van der Waals surface area contributed by atoms with Gasteiger partial charge in [0, 0.05) is 11.9 Å². The third-order valence-electron chi connectivity index (χ3n) is 4.05. The third-order valence-corrected chi connectivity index (χ3v) is 5.54. The highest BCUT2D eigenvalue weighted by Gasteiger charge is 2.32. The number of rotatable bonds is 7. The van der Waals surface area contributed by atoms with Crippen molar-refractivity contribution in [3.8, 4) is 6.07 Å². The monoisotopic (exact) mass is 304 g/mol. The van der Waals surface area contributed by atoms with E-state index in [2.05, 4.69) is 25.2 Å². The van der Waals surface area contributed by atoms with Crippen molar-refractivity contribution in [2.45, 2.75) is 43.6 Å². The standard InChI is InChI=1S/C17H24N2OS/c1-3-19-17(13-18,15-7-5-4-6-8-15)10-12-21-16-9-11-20-14(16)2/h4-8,14,16,19H,3,9-12H2,1-2H3. The zero-order valence-electron chi connectivity index (χ0n) is 12.8. The van der Waals surface area contributed by atoms with Crippen LogP contribution in [0.1, 0.15) is 32.3 Å². The van der Waals surface area contributed by atoms with Crippen LogP contribution in [0.2, 0.25) is 0 Å². The van der Waals surface area contributed by atoms with E-state index in [-0.39, 0.29) is 0 Å². The van der Waals surface area contributed by atoms with Gasteiger partial charge in [-0.05, 0) is 37.6 Å². The summed E-state index contributed by atoms with van der Waals surface area (Å²) < 4.78 is 5.61. The molecule has 3 unspecified atom stereocenters. The summed E-state index contributed by atoms with van der Waals surface area (Å²) in [6, 6.07) is 12.6. The highest BCUT2D eigenvalue weighted by atomic mass is 32.2. The predicted octanol–water partition coefficient (Wildman–Crippen LogP) is 3.32. The van der Waals surface area contributed by atoms with Gasteiger partial charge in [0.15, 0.2) is 0 Å². The van der Waals surface area contributed by atoms with Gasteiger partial charge in [0.2, 0.25) is 0 Å². The Balaban J connectivity index is 2.01. The van der Waals surface area contributed by atoms with Gasteiger partial charge in [-0.25, -0.2) is 0 Å². The minimum Gasteiger partial charge on any atom is -0.377 e. The molecule has 0 saturated carbocycles. The molecule has 3 atom stereocenters. The summed E-state index contributed by atoms with van der Waals surface area (Å²) in [4.78, 5) is 0. The fourth-order valence-electron chi connectivity index (χ4n) is 2.81. The van der Waals surface area contributed by atoms with Crippen LogP contribution in [0.25, 0.3) is 0 Å². The highest BCUT2D eigenvalue weighted by molar-refractivity contribution is 7.99. The van der Waals surface area contributed by atoms with E-state index >= 15 is 0 Å². The molecule has 114 valence electrons. The Bertz CT molecular complexity index is 473. The lowest BCUT2D eigenvalue weighted by Crippen LogP contribution is -2.41. The van der Waals surface area contributed by atoms with Gasteiger partial charge in [0.05, 0.1) is 12.2 Å². The summed E-state index contributed by atoms with van der Waals surface area (Å²) >= 11 is 1.94. The highest BCUT2D eigenvalue weighted by Crippen LogP contribution is 2.31. The van der Waals surface area contributed by atoms with E-state index in [1.54, 1.807) is 0 Å². The average Bonchev–Trinajstić information content (AvgIpc) is 2.92. The largest absolute Gasteiger partial charge is 0.377 e. The molecule has 0 aliphatic carbocycles. The van der Waals surface area contributed by atoms with Crippen molar-refractivity contribution in [3.05, 3.63) is 35.9 Å². The molecule has 1 aliphatic heterocycles. The van der Waals surface area contributed by atoms with E-state index in [1.165, 1.54) is 0 Å². The molecule has 1 aliphatic rings. The van der Waals surface area contributed by atoms with Crippen molar-refractivity contribution in [2.24, 2.45) is 0 Å². The first kappa shape index (κ1) is 16.4. The first-order valence-corrected chi connectivity index (χ1v) is 8.71. The van der Waals surface area contributed by atoms with Gasteiger partial charge in [-0.2, -0.15) is 17.0 Å². The summed E-state index contributed by atoms with van der Waals surface area (Å²) in [5.74, 6) is 0.966. The smallest absolute Gasteiger partial charge is 0.133 e. The lowest BCUT2D eigenvalue weighted by Gasteiger charge is -2.28. The summed E-state index contributed by atoms with van der Waals surface area (Å²) in [7, 11) is 0. The zero-order valence-corrected chi connectivity index (χ0v) is 13.7. The Morgan fingerprint density at radius 3 is 2.76 bits per heavy atom. The molecule has 1 heterocycles. The first-order chi connectivity index (χ1) is 10.2. The Morgan fingerprint density at radius 1 is 1.43 bits per heavy atom. The molecule has 21 heavy (non-hydrogen) atoms. The van der Waals surface area contributed by atoms with Gasteiger partial charge in [-0.15, -0.1) is 0 Å². The minimum atomic E-state index is -0.578. The molecule has 1 fully saturated rings. The molecule has 0 amide bonds. The maximum atomic E-state index is 9.76. The Hall–Kier alpha value is -1.02. The van der Waals surface area contributed by atoms with E-state index in [1.807, 2.05) is 42.1 Å². The number of hydrogen-bond donors (Lipinski definition) is 1. The molecular weight excluding hydrogens is 280 g/mol. The Morgan fingerprint density at radius 2 is 2.19 bits per heavy atom. The third kappa shape index (κ3) is 4.00. The molecule has 1 aromatic rings. The molecular formula is C17H24N2OS. The molecule has 0 aromatic heterocycles. The molecule has 0 bridgehead atoms.